The smallest absolute Gasteiger partial charge is 0.118 e. The van der Waals surface area contributed by atoms with Crippen molar-refractivity contribution in [3.05, 3.63) is 48.1 Å². The molecular formula is C24H32O. The first-order valence-corrected chi connectivity index (χ1v) is 9.80. The van der Waals surface area contributed by atoms with Crippen LogP contribution in [-0.2, 0) is 0 Å². The van der Waals surface area contributed by atoms with E-state index in [1.165, 1.54) is 51.4 Å². The second-order valence-electron chi connectivity index (χ2n) is 7.03. The summed E-state index contributed by atoms with van der Waals surface area (Å²) in [5.41, 5.74) is 1.14. The molecule has 0 aromatic heterocycles. The summed E-state index contributed by atoms with van der Waals surface area (Å²) in [7, 11) is 1.68. The Morgan fingerprint density at radius 3 is 2.40 bits per heavy atom. The Morgan fingerprint density at radius 1 is 1.00 bits per heavy atom. The van der Waals surface area contributed by atoms with E-state index in [9.17, 15) is 0 Å². The molecular weight excluding hydrogens is 304 g/mol. The van der Waals surface area contributed by atoms with E-state index < -0.39 is 0 Å². The minimum atomic E-state index is 0.738. The lowest BCUT2D eigenvalue weighted by Crippen LogP contribution is -2.12. The molecule has 0 aliphatic heterocycles. The molecule has 1 aromatic rings. The zero-order chi connectivity index (χ0) is 17.7. The van der Waals surface area contributed by atoms with Gasteiger partial charge in [0, 0.05) is 0 Å². The average Bonchev–Trinajstić information content (AvgIpc) is 2.66. The van der Waals surface area contributed by atoms with Gasteiger partial charge in [-0.3, -0.25) is 0 Å². The standard InChI is InChI=1S/C24H32O/c1-3-4-7-10-21-13-15-22(16-14-21)11-8-5-6-9-12-23-17-19-24(25-2)20-18-23/h8-9,11-12,17-22H,3-4,7,10,13-16H2,1-2H3/b11-8+,12-9+/t21-,22-. The van der Waals surface area contributed by atoms with Crippen LogP contribution in [0.3, 0.4) is 0 Å². The first-order chi connectivity index (χ1) is 12.3. The number of ether oxygens (including phenoxy) is 1. The molecule has 1 aliphatic carbocycles. The summed E-state index contributed by atoms with van der Waals surface area (Å²) in [5.74, 6) is 8.83. The largest absolute Gasteiger partial charge is 0.497 e. The molecule has 2 rings (SSSR count). The lowest BCUT2D eigenvalue weighted by molar-refractivity contribution is 0.289. The second-order valence-corrected chi connectivity index (χ2v) is 7.03. The number of hydrogen-bond acceptors (Lipinski definition) is 1. The van der Waals surface area contributed by atoms with Crippen molar-refractivity contribution >= 4 is 6.08 Å². The highest BCUT2D eigenvalue weighted by Crippen LogP contribution is 2.32. The van der Waals surface area contributed by atoms with E-state index in [0.717, 1.165) is 23.1 Å². The Labute approximate surface area is 154 Å². The normalized spacial score (nSPS) is 20.6. The molecule has 1 saturated carbocycles. The molecule has 1 fully saturated rings. The van der Waals surface area contributed by atoms with Gasteiger partial charge >= 0.3 is 0 Å². The van der Waals surface area contributed by atoms with Crippen molar-refractivity contribution in [2.75, 3.05) is 7.11 Å². The van der Waals surface area contributed by atoms with Gasteiger partial charge in [-0.05, 0) is 73.4 Å². The van der Waals surface area contributed by atoms with Crippen molar-refractivity contribution in [3.63, 3.8) is 0 Å². The monoisotopic (exact) mass is 336 g/mol. The van der Waals surface area contributed by atoms with Crippen LogP contribution >= 0.6 is 0 Å². The number of benzene rings is 1. The highest BCUT2D eigenvalue weighted by molar-refractivity contribution is 5.54. The van der Waals surface area contributed by atoms with Gasteiger partial charge in [0.2, 0.25) is 0 Å². The number of hydrogen-bond donors (Lipinski definition) is 0. The molecule has 1 aliphatic rings. The summed E-state index contributed by atoms with van der Waals surface area (Å²) in [5, 5.41) is 0. The van der Waals surface area contributed by atoms with Crippen molar-refractivity contribution < 1.29 is 4.74 Å². The lowest BCUT2D eigenvalue weighted by atomic mass is 9.79. The third kappa shape index (κ3) is 7.65. The van der Waals surface area contributed by atoms with Gasteiger partial charge in [-0.25, -0.2) is 0 Å². The lowest BCUT2D eigenvalue weighted by Gasteiger charge is -2.26. The van der Waals surface area contributed by atoms with Crippen LogP contribution in [0.1, 0.15) is 63.9 Å². The third-order valence-electron chi connectivity index (χ3n) is 5.12. The van der Waals surface area contributed by atoms with Crippen molar-refractivity contribution in [1.29, 1.82) is 0 Å². The Hall–Kier alpha value is -1.94. The third-order valence-corrected chi connectivity index (χ3v) is 5.12. The van der Waals surface area contributed by atoms with E-state index in [1.807, 2.05) is 42.5 Å². The van der Waals surface area contributed by atoms with Gasteiger partial charge in [0.15, 0.2) is 0 Å². The Kier molecular flexibility index (Phi) is 8.98. The molecule has 1 aromatic carbocycles. The summed E-state index contributed by atoms with van der Waals surface area (Å²) in [6, 6.07) is 7.99. The zero-order valence-corrected chi connectivity index (χ0v) is 15.8. The number of methoxy groups -OCH3 is 1. The Bertz CT molecular complexity index is 589. The average molecular weight is 337 g/mol. The first-order valence-electron chi connectivity index (χ1n) is 9.80. The fourth-order valence-corrected chi connectivity index (χ4v) is 3.49. The van der Waals surface area contributed by atoms with Gasteiger partial charge < -0.3 is 4.74 Å². The van der Waals surface area contributed by atoms with Gasteiger partial charge in [0.1, 0.15) is 5.75 Å². The molecule has 0 unspecified atom stereocenters. The Morgan fingerprint density at radius 2 is 1.72 bits per heavy atom. The van der Waals surface area contributed by atoms with Gasteiger partial charge in [-0.1, -0.05) is 62.7 Å². The molecule has 25 heavy (non-hydrogen) atoms. The zero-order valence-electron chi connectivity index (χ0n) is 15.8. The van der Waals surface area contributed by atoms with E-state index in [0.29, 0.717) is 0 Å². The van der Waals surface area contributed by atoms with Crippen molar-refractivity contribution in [3.8, 4) is 17.6 Å². The minimum absolute atomic E-state index is 0.738. The molecule has 0 atom stereocenters. The van der Waals surface area contributed by atoms with E-state index in [-0.39, 0.29) is 0 Å². The molecule has 0 heterocycles. The van der Waals surface area contributed by atoms with Gasteiger partial charge in [-0.15, -0.1) is 0 Å². The summed E-state index contributed by atoms with van der Waals surface area (Å²) in [4.78, 5) is 0. The molecule has 0 amide bonds. The van der Waals surface area contributed by atoms with E-state index in [4.69, 9.17) is 4.74 Å². The maximum absolute atomic E-state index is 5.15. The van der Waals surface area contributed by atoms with Gasteiger partial charge in [0.05, 0.1) is 7.11 Å². The van der Waals surface area contributed by atoms with Crippen LogP contribution in [0.5, 0.6) is 5.75 Å². The predicted molar refractivity (Wildman–Crippen MR) is 109 cm³/mol. The highest BCUT2D eigenvalue weighted by atomic mass is 16.5. The molecule has 0 radical (unpaired) electrons. The van der Waals surface area contributed by atoms with Gasteiger partial charge in [0.25, 0.3) is 0 Å². The molecule has 134 valence electrons. The van der Waals surface area contributed by atoms with Crippen LogP contribution in [-0.4, -0.2) is 7.11 Å². The summed E-state index contributed by atoms with van der Waals surface area (Å²) >= 11 is 0. The predicted octanol–water partition coefficient (Wildman–Crippen LogP) is 6.65. The minimum Gasteiger partial charge on any atom is -0.497 e. The highest BCUT2D eigenvalue weighted by Gasteiger charge is 2.18. The van der Waals surface area contributed by atoms with Crippen LogP contribution in [0, 0.1) is 23.7 Å². The van der Waals surface area contributed by atoms with Crippen molar-refractivity contribution in [2.24, 2.45) is 11.8 Å². The van der Waals surface area contributed by atoms with E-state index in [1.54, 1.807) is 7.11 Å². The first kappa shape index (κ1) is 19.4. The van der Waals surface area contributed by atoms with Crippen LogP contribution in [0.2, 0.25) is 0 Å². The molecule has 0 bridgehead atoms. The molecule has 1 heteroatoms. The second kappa shape index (κ2) is 11.6. The summed E-state index contributed by atoms with van der Waals surface area (Å²) in [6.45, 7) is 2.29. The summed E-state index contributed by atoms with van der Waals surface area (Å²) < 4.78 is 5.15. The van der Waals surface area contributed by atoms with E-state index in [2.05, 4.69) is 24.8 Å². The fourth-order valence-electron chi connectivity index (χ4n) is 3.49. The van der Waals surface area contributed by atoms with Crippen molar-refractivity contribution in [1.82, 2.24) is 0 Å². The van der Waals surface area contributed by atoms with Crippen LogP contribution in [0.15, 0.2) is 42.5 Å². The van der Waals surface area contributed by atoms with Crippen LogP contribution < -0.4 is 4.74 Å². The quantitative estimate of drug-likeness (QED) is 0.400. The SMILES string of the molecule is CCCCC[C@H]1CC[C@H](/C=C/C#C/C=C/c2ccc(OC)cc2)CC1. The molecule has 1 nitrogen and oxygen atoms in total. The van der Waals surface area contributed by atoms with E-state index >= 15 is 0 Å². The van der Waals surface area contributed by atoms with Gasteiger partial charge in [-0.2, -0.15) is 0 Å². The maximum Gasteiger partial charge on any atom is 0.118 e. The topological polar surface area (TPSA) is 9.23 Å². The number of unbranched alkanes of at least 4 members (excludes halogenated alkanes) is 2. The summed E-state index contributed by atoms with van der Waals surface area (Å²) in [6.07, 6.45) is 19.4. The maximum atomic E-state index is 5.15. The molecule has 0 N–H and O–H groups in total. The Balaban J connectivity index is 1.68. The molecule has 0 saturated heterocycles. The van der Waals surface area contributed by atoms with Crippen molar-refractivity contribution in [2.45, 2.75) is 58.3 Å². The van der Waals surface area contributed by atoms with Crippen LogP contribution in [0.4, 0.5) is 0 Å². The van der Waals surface area contributed by atoms with Crippen LogP contribution in [0.25, 0.3) is 6.08 Å². The number of rotatable bonds is 7. The molecule has 0 spiro atoms. The fraction of sp³-hybridized carbons (Fsp3) is 0.500. The number of allylic oxidation sites excluding steroid dienone is 3.